The summed E-state index contributed by atoms with van der Waals surface area (Å²) in [5.41, 5.74) is 16.9. The van der Waals surface area contributed by atoms with Crippen LogP contribution in [0.1, 0.15) is 0 Å². The Balaban J connectivity index is 2.00. The third kappa shape index (κ3) is 2.71. The molecule has 0 aliphatic heterocycles. The Bertz CT molecular complexity index is 765. The van der Waals surface area contributed by atoms with Crippen molar-refractivity contribution in [3.05, 3.63) is 71.8 Å². The molecule has 0 amide bonds. The van der Waals surface area contributed by atoms with E-state index in [-0.39, 0.29) is 0 Å². The Hall–Kier alpha value is -2.45. The molecule has 0 spiro atoms. The first-order valence-corrected chi connectivity index (χ1v) is 7.03. The smallest absolute Gasteiger partial charge is 0.0563 e. The van der Waals surface area contributed by atoms with Crippen molar-refractivity contribution in [2.45, 2.75) is 0 Å². The largest absolute Gasteiger partial charge is 0.397 e. The van der Waals surface area contributed by atoms with E-state index in [4.69, 9.17) is 23.1 Å². The summed E-state index contributed by atoms with van der Waals surface area (Å²) < 4.78 is 0. The maximum atomic E-state index is 6.26. The van der Waals surface area contributed by atoms with Crippen molar-refractivity contribution in [2.24, 2.45) is 0 Å². The van der Waals surface area contributed by atoms with Gasteiger partial charge in [0.05, 0.1) is 16.4 Å². The Morgan fingerprint density at radius 3 is 1.81 bits per heavy atom. The van der Waals surface area contributed by atoms with Crippen LogP contribution in [0.4, 0.5) is 11.4 Å². The van der Waals surface area contributed by atoms with Gasteiger partial charge in [-0.1, -0.05) is 66.2 Å². The van der Waals surface area contributed by atoms with Gasteiger partial charge in [0.2, 0.25) is 0 Å². The van der Waals surface area contributed by atoms with Gasteiger partial charge >= 0.3 is 0 Å². The van der Waals surface area contributed by atoms with Crippen LogP contribution in [0.3, 0.4) is 0 Å². The molecule has 3 aromatic rings. The van der Waals surface area contributed by atoms with Crippen LogP contribution in [0.5, 0.6) is 0 Å². The Labute approximate surface area is 129 Å². The summed E-state index contributed by atoms with van der Waals surface area (Å²) in [6.45, 7) is 0. The summed E-state index contributed by atoms with van der Waals surface area (Å²) >= 11 is 6.26. The number of rotatable bonds is 2. The molecule has 21 heavy (non-hydrogen) atoms. The fourth-order valence-electron chi connectivity index (χ4n) is 2.30. The SMILES string of the molecule is Nc1cc(Cl)c(-c2ccc(-c3ccccc3)cc2)cc1N. The Morgan fingerprint density at radius 1 is 0.619 bits per heavy atom. The van der Waals surface area contributed by atoms with E-state index in [1.165, 1.54) is 11.1 Å². The molecule has 0 heterocycles. The van der Waals surface area contributed by atoms with Crippen LogP contribution in [-0.4, -0.2) is 0 Å². The molecule has 0 aliphatic carbocycles. The molecule has 3 rings (SSSR count). The highest BCUT2D eigenvalue weighted by Gasteiger charge is 2.07. The first-order valence-electron chi connectivity index (χ1n) is 6.65. The molecule has 0 aliphatic rings. The van der Waals surface area contributed by atoms with Gasteiger partial charge in [-0.05, 0) is 28.8 Å². The van der Waals surface area contributed by atoms with Gasteiger partial charge in [0, 0.05) is 5.56 Å². The summed E-state index contributed by atoms with van der Waals surface area (Å²) in [6, 6.07) is 22.0. The molecule has 2 nitrogen and oxygen atoms in total. The minimum absolute atomic E-state index is 0.504. The average Bonchev–Trinajstić information content (AvgIpc) is 2.52. The van der Waals surface area contributed by atoms with Gasteiger partial charge in [-0.25, -0.2) is 0 Å². The molecule has 104 valence electrons. The minimum Gasteiger partial charge on any atom is -0.397 e. The maximum absolute atomic E-state index is 6.26. The minimum atomic E-state index is 0.504. The van der Waals surface area contributed by atoms with Crippen molar-refractivity contribution in [2.75, 3.05) is 11.5 Å². The summed E-state index contributed by atoms with van der Waals surface area (Å²) in [7, 11) is 0. The quantitative estimate of drug-likeness (QED) is 0.665. The summed E-state index contributed by atoms with van der Waals surface area (Å²) in [4.78, 5) is 0. The van der Waals surface area contributed by atoms with Crippen molar-refractivity contribution in [3.8, 4) is 22.3 Å². The van der Waals surface area contributed by atoms with E-state index in [9.17, 15) is 0 Å². The van der Waals surface area contributed by atoms with E-state index in [0.717, 1.165) is 11.1 Å². The molecule has 0 radical (unpaired) electrons. The van der Waals surface area contributed by atoms with Crippen LogP contribution in [0, 0.1) is 0 Å². The Kier molecular flexibility index (Phi) is 3.55. The van der Waals surface area contributed by atoms with Crippen LogP contribution < -0.4 is 11.5 Å². The Morgan fingerprint density at radius 2 is 1.14 bits per heavy atom. The number of benzene rings is 3. The highest BCUT2D eigenvalue weighted by molar-refractivity contribution is 6.33. The van der Waals surface area contributed by atoms with Gasteiger partial charge in [-0.2, -0.15) is 0 Å². The number of anilines is 2. The number of halogens is 1. The van der Waals surface area contributed by atoms with Crippen molar-refractivity contribution >= 4 is 23.0 Å². The highest BCUT2D eigenvalue weighted by atomic mass is 35.5. The maximum Gasteiger partial charge on any atom is 0.0563 e. The van der Waals surface area contributed by atoms with Crippen LogP contribution in [-0.2, 0) is 0 Å². The zero-order valence-electron chi connectivity index (χ0n) is 11.4. The first-order chi connectivity index (χ1) is 10.1. The molecule has 0 saturated heterocycles. The molecule has 3 aromatic carbocycles. The molecular formula is C18H15ClN2. The molecule has 3 heteroatoms. The van der Waals surface area contributed by atoms with Crippen molar-refractivity contribution in [3.63, 3.8) is 0 Å². The second-order valence-electron chi connectivity index (χ2n) is 4.90. The third-order valence-corrected chi connectivity index (χ3v) is 3.79. The van der Waals surface area contributed by atoms with Gasteiger partial charge in [0.25, 0.3) is 0 Å². The van der Waals surface area contributed by atoms with Gasteiger partial charge in [0.1, 0.15) is 0 Å². The predicted molar refractivity (Wildman–Crippen MR) is 91.1 cm³/mol. The van der Waals surface area contributed by atoms with E-state index in [0.29, 0.717) is 16.4 Å². The van der Waals surface area contributed by atoms with E-state index >= 15 is 0 Å². The summed E-state index contributed by atoms with van der Waals surface area (Å²) in [5, 5.41) is 0.606. The number of hydrogen-bond acceptors (Lipinski definition) is 2. The lowest BCUT2D eigenvalue weighted by molar-refractivity contribution is 1.58. The zero-order valence-corrected chi connectivity index (χ0v) is 12.1. The molecule has 0 atom stereocenters. The molecule has 0 fully saturated rings. The van der Waals surface area contributed by atoms with Crippen molar-refractivity contribution < 1.29 is 0 Å². The fourth-order valence-corrected chi connectivity index (χ4v) is 2.58. The number of hydrogen-bond donors (Lipinski definition) is 2. The van der Waals surface area contributed by atoms with E-state index in [1.54, 1.807) is 6.07 Å². The van der Waals surface area contributed by atoms with Crippen molar-refractivity contribution in [1.82, 2.24) is 0 Å². The van der Waals surface area contributed by atoms with Gasteiger partial charge in [0.15, 0.2) is 0 Å². The van der Waals surface area contributed by atoms with E-state index in [1.807, 2.05) is 36.4 Å². The van der Waals surface area contributed by atoms with Gasteiger partial charge in [-0.15, -0.1) is 0 Å². The number of nitrogens with two attached hydrogens (primary N) is 2. The lowest BCUT2D eigenvalue weighted by atomic mass is 10.00. The van der Waals surface area contributed by atoms with Gasteiger partial charge < -0.3 is 11.5 Å². The fraction of sp³-hybridized carbons (Fsp3) is 0. The normalized spacial score (nSPS) is 10.5. The van der Waals surface area contributed by atoms with Crippen LogP contribution in [0.25, 0.3) is 22.3 Å². The molecule has 0 saturated carbocycles. The van der Waals surface area contributed by atoms with Gasteiger partial charge in [-0.3, -0.25) is 0 Å². The first kappa shape index (κ1) is 13.5. The monoisotopic (exact) mass is 294 g/mol. The molecule has 0 bridgehead atoms. The van der Waals surface area contributed by atoms with E-state index < -0.39 is 0 Å². The number of nitrogen functional groups attached to an aromatic ring is 2. The van der Waals surface area contributed by atoms with Crippen LogP contribution in [0.2, 0.25) is 5.02 Å². The third-order valence-electron chi connectivity index (χ3n) is 3.48. The standard InChI is InChI=1S/C18H15ClN2/c19-16-11-18(21)17(20)10-15(16)14-8-6-13(7-9-14)12-4-2-1-3-5-12/h1-11H,20-21H2. The predicted octanol–water partition coefficient (Wildman–Crippen LogP) is 4.84. The molecule has 4 N–H and O–H groups in total. The second-order valence-corrected chi connectivity index (χ2v) is 5.31. The summed E-state index contributed by atoms with van der Waals surface area (Å²) in [6.07, 6.45) is 0. The second kappa shape index (κ2) is 5.51. The highest BCUT2D eigenvalue weighted by Crippen LogP contribution is 2.34. The average molecular weight is 295 g/mol. The van der Waals surface area contributed by atoms with E-state index in [2.05, 4.69) is 24.3 Å². The molecular weight excluding hydrogens is 280 g/mol. The lowest BCUT2D eigenvalue weighted by Gasteiger charge is -2.09. The van der Waals surface area contributed by atoms with Crippen LogP contribution >= 0.6 is 11.6 Å². The van der Waals surface area contributed by atoms with Crippen molar-refractivity contribution in [1.29, 1.82) is 0 Å². The topological polar surface area (TPSA) is 52.0 Å². The zero-order chi connectivity index (χ0) is 14.8. The molecule has 0 aromatic heterocycles. The lowest BCUT2D eigenvalue weighted by Crippen LogP contribution is -1.95. The summed E-state index contributed by atoms with van der Waals surface area (Å²) in [5.74, 6) is 0. The van der Waals surface area contributed by atoms with Crippen LogP contribution in [0.15, 0.2) is 66.7 Å². The molecule has 0 unspecified atom stereocenters.